The van der Waals surface area contributed by atoms with Crippen molar-refractivity contribution in [3.8, 4) is 0 Å². The van der Waals surface area contributed by atoms with E-state index in [1.807, 2.05) is 0 Å². The van der Waals surface area contributed by atoms with Gasteiger partial charge in [-0.2, -0.15) is 0 Å². The Morgan fingerprint density at radius 1 is 0.720 bits per heavy atom. The van der Waals surface area contributed by atoms with Crippen molar-refractivity contribution in [3.63, 3.8) is 0 Å². The van der Waals surface area contributed by atoms with Crippen LogP contribution in [0.1, 0.15) is 0 Å². The van der Waals surface area contributed by atoms with Crippen LogP contribution < -0.4 is 0 Å². The fourth-order valence-corrected chi connectivity index (χ4v) is 25.3. The van der Waals surface area contributed by atoms with Crippen LogP contribution in [0.5, 0.6) is 0 Å². The molecule has 4 nitrogen and oxygen atoms in total. The fraction of sp³-hybridized carbons (Fsp3) is 1.00. The summed E-state index contributed by atoms with van der Waals surface area (Å²) in [5.74, 6) is 0. The molecule has 8 heteroatoms. The molecule has 3 N–H and O–H groups in total. The van der Waals surface area contributed by atoms with E-state index in [9.17, 15) is 15.3 Å². The van der Waals surface area contributed by atoms with Crippen LogP contribution in [0.25, 0.3) is 0 Å². The highest BCUT2D eigenvalue weighted by molar-refractivity contribution is 6.99. The van der Waals surface area contributed by atoms with E-state index >= 15 is 0 Å². The maximum absolute atomic E-state index is 11.5. The molecule has 0 aliphatic carbocycles. The molecule has 0 rings (SSSR count). The zero-order valence-corrected chi connectivity index (χ0v) is 22.7. The first kappa shape index (κ1) is 25.7. The Labute approximate surface area is 160 Å². The molecule has 0 bridgehead atoms. The molecule has 0 aromatic carbocycles. The molecule has 0 aliphatic rings. The van der Waals surface area contributed by atoms with Crippen molar-refractivity contribution in [2.75, 3.05) is 13.2 Å². The van der Waals surface area contributed by atoms with Gasteiger partial charge in [0.2, 0.25) is 0 Å². The van der Waals surface area contributed by atoms with Crippen molar-refractivity contribution in [1.29, 1.82) is 0 Å². The molecule has 1 atom stereocenters. The summed E-state index contributed by atoms with van der Waals surface area (Å²) in [7, 11) is -8.24. The second-order valence-electron chi connectivity index (χ2n) is 11.6. The summed E-state index contributed by atoms with van der Waals surface area (Å²) < 4.78 is 7.02. The van der Waals surface area contributed by atoms with Crippen LogP contribution in [0, 0.1) is 5.41 Å². The number of aliphatic hydroxyl groups is 3. The number of rotatable bonds is 9. The maximum Gasteiger partial charge on any atom is 0.183 e. The van der Waals surface area contributed by atoms with Crippen molar-refractivity contribution in [2.45, 2.75) is 89.1 Å². The van der Waals surface area contributed by atoms with E-state index in [4.69, 9.17) is 4.43 Å². The van der Waals surface area contributed by atoms with E-state index in [1.54, 1.807) is 0 Å². The Morgan fingerprint density at radius 3 is 1.20 bits per heavy atom. The van der Waals surface area contributed by atoms with E-state index in [0.29, 0.717) is 0 Å². The SMILES string of the molecule is C[Si](C)(C)OC(C(CO)(CO)C(O)[Si](C)(C)C)([Si](C)(C)C)[Si](C)(C)C. The van der Waals surface area contributed by atoms with Crippen molar-refractivity contribution in [1.82, 2.24) is 0 Å². The standard InChI is InChI=1S/C17H44O4Si4/c1-22(2,3)15(20)16(13-18,14-19)17(23(4,5)6,24(7,8)9)21-25(10,11)12/h15,18-20H,13-14H2,1-12H3. The van der Waals surface area contributed by atoms with Gasteiger partial charge in [0.25, 0.3) is 0 Å². The van der Waals surface area contributed by atoms with Crippen LogP contribution in [0.3, 0.4) is 0 Å². The Kier molecular flexibility index (Phi) is 7.83. The minimum absolute atomic E-state index is 0.242. The lowest BCUT2D eigenvalue weighted by Crippen LogP contribution is -2.83. The Hall–Kier alpha value is 0.708. The Morgan fingerprint density at radius 2 is 1.04 bits per heavy atom. The predicted molar refractivity (Wildman–Crippen MR) is 120 cm³/mol. The summed E-state index contributed by atoms with van der Waals surface area (Å²) in [5.41, 5.74) is -1.75. The Bertz CT molecular complexity index is 424. The molecule has 0 aromatic rings. The summed E-state index contributed by atoms with van der Waals surface area (Å²) in [4.78, 5) is -0.624. The lowest BCUT2D eigenvalue weighted by molar-refractivity contribution is -0.0913. The molecule has 0 aromatic heterocycles. The maximum atomic E-state index is 11.5. The first-order valence-corrected chi connectivity index (χ1v) is 23.3. The predicted octanol–water partition coefficient (Wildman–Crippen LogP) is 3.54. The van der Waals surface area contributed by atoms with E-state index in [-0.39, 0.29) is 13.2 Å². The largest absolute Gasteiger partial charge is 0.417 e. The molecule has 0 aliphatic heterocycles. The molecule has 0 saturated heterocycles. The lowest BCUT2D eigenvalue weighted by Gasteiger charge is -2.65. The summed E-state index contributed by atoms with van der Waals surface area (Å²) in [6.45, 7) is 25.9. The highest BCUT2D eigenvalue weighted by Crippen LogP contribution is 2.52. The highest BCUT2D eigenvalue weighted by Gasteiger charge is 2.69. The first-order chi connectivity index (χ1) is 10.7. The second kappa shape index (κ2) is 7.61. The molecule has 0 fully saturated rings. The molecular formula is C17H44O4Si4. The molecule has 0 radical (unpaired) electrons. The van der Waals surface area contributed by atoms with Crippen molar-refractivity contribution < 1.29 is 19.7 Å². The van der Waals surface area contributed by atoms with Crippen LogP contribution in [-0.2, 0) is 4.43 Å². The summed E-state index contributed by atoms with van der Waals surface area (Å²) in [6.07, 6.45) is 0. The van der Waals surface area contributed by atoms with Crippen molar-refractivity contribution >= 4 is 32.5 Å². The van der Waals surface area contributed by atoms with Crippen LogP contribution in [0.4, 0.5) is 0 Å². The van der Waals surface area contributed by atoms with E-state index < -0.39 is 48.5 Å². The molecule has 0 spiro atoms. The average molecular weight is 425 g/mol. The zero-order chi connectivity index (χ0) is 20.7. The van der Waals surface area contributed by atoms with Crippen molar-refractivity contribution in [3.05, 3.63) is 0 Å². The molecular weight excluding hydrogens is 381 g/mol. The minimum Gasteiger partial charge on any atom is -0.417 e. The topological polar surface area (TPSA) is 69.9 Å². The molecule has 0 heterocycles. The van der Waals surface area contributed by atoms with Crippen LogP contribution in [0.15, 0.2) is 0 Å². The monoisotopic (exact) mass is 424 g/mol. The normalized spacial score (nSPS) is 16.9. The van der Waals surface area contributed by atoms with Gasteiger partial charge in [-0.1, -0.05) is 58.9 Å². The first-order valence-electron chi connectivity index (χ1n) is 9.33. The molecule has 0 amide bonds. The summed E-state index contributed by atoms with van der Waals surface area (Å²) in [6, 6.07) is 0. The highest BCUT2D eigenvalue weighted by atomic mass is 28.4. The van der Waals surface area contributed by atoms with Gasteiger partial charge in [0.05, 0.1) is 48.6 Å². The number of aliphatic hydroxyl groups excluding tert-OH is 3. The minimum atomic E-state index is -2.08. The van der Waals surface area contributed by atoms with Gasteiger partial charge in [0.15, 0.2) is 8.32 Å². The number of hydrogen-bond donors (Lipinski definition) is 3. The van der Waals surface area contributed by atoms with Crippen LogP contribution >= 0.6 is 0 Å². The van der Waals surface area contributed by atoms with Gasteiger partial charge in [0.1, 0.15) is 0 Å². The fourth-order valence-electron chi connectivity index (χ4n) is 4.95. The number of hydrogen-bond acceptors (Lipinski definition) is 4. The molecule has 25 heavy (non-hydrogen) atoms. The third-order valence-corrected chi connectivity index (χ3v) is 18.6. The van der Waals surface area contributed by atoms with Gasteiger partial charge in [-0.15, -0.1) is 0 Å². The second-order valence-corrected chi connectivity index (χ2v) is 32.3. The summed E-state index contributed by atoms with van der Waals surface area (Å²) >= 11 is 0. The smallest absolute Gasteiger partial charge is 0.183 e. The summed E-state index contributed by atoms with van der Waals surface area (Å²) in [5, 5.41) is 32.8. The Balaban J connectivity index is 7.12. The van der Waals surface area contributed by atoms with E-state index in [1.165, 1.54) is 0 Å². The van der Waals surface area contributed by atoms with Gasteiger partial charge in [0, 0.05) is 4.85 Å². The quantitative estimate of drug-likeness (QED) is 0.495. The van der Waals surface area contributed by atoms with Crippen LogP contribution in [0.2, 0.25) is 78.6 Å². The molecule has 152 valence electrons. The molecule has 1 unspecified atom stereocenters. The third-order valence-electron chi connectivity index (χ3n) is 5.18. The van der Waals surface area contributed by atoms with Gasteiger partial charge in [-0.05, 0) is 19.6 Å². The van der Waals surface area contributed by atoms with E-state index in [2.05, 4.69) is 78.6 Å². The van der Waals surface area contributed by atoms with Gasteiger partial charge < -0.3 is 19.7 Å². The van der Waals surface area contributed by atoms with Crippen molar-refractivity contribution in [2.24, 2.45) is 5.41 Å². The third kappa shape index (κ3) is 4.76. The lowest BCUT2D eigenvalue weighted by atomic mass is 9.90. The zero-order valence-electron chi connectivity index (χ0n) is 18.7. The van der Waals surface area contributed by atoms with Crippen LogP contribution in [-0.4, -0.2) is 71.6 Å². The average Bonchev–Trinajstić information content (AvgIpc) is 2.33. The van der Waals surface area contributed by atoms with Gasteiger partial charge >= 0.3 is 0 Å². The van der Waals surface area contributed by atoms with Gasteiger partial charge in [-0.3, -0.25) is 0 Å². The van der Waals surface area contributed by atoms with Gasteiger partial charge in [-0.25, -0.2) is 0 Å². The molecule has 0 saturated carbocycles. The van der Waals surface area contributed by atoms with E-state index in [0.717, 1.165) is 0 Å².